The van der Waals surface area contributed by atoms with Crippen molar-refractivity contribution in [2.24, 2.45) is 0 Å². The minimum atomic E-state index is -1.05. The van der Waals surface area contributed by atoms with Crippen molar-refractivity contribution in [1.29, 1.82) is 0 Å². The van der Waals surface area contributed by atoms with Crippen molar-refractivity contribution >= 4 is 33.5 Å². The van der Waals surface area contributed by atoms with Gasteiger partial charge in [0.15, 0.2) is 0 Å². The smallest absolute Gasteiger partial charge is 0.318 e. The lowest BCUT2D eigenvalue weighted by molar-refractivity contribution is -0.142. The van der Waals surface area contributed by atoms with Crippen LogP contribution in [0.4, 0.5) is 0 Å². The first-order chi connectivity index (χ1) is 16.6. The zero-order valence-corrected chi connectivity index (χ0v) is 23.7. The van der Waals surface area contributed by atoms with Crippen LogP contribution in [-0.2, 0) is 9.59 Å². The molecule has 0 aliphatic carbocycles. The van der Waals surface area contributed by atoms with Gasteiger partial charge in [-0.3, -0.25) is 9.59 Å². The number of unbranched alkanes of at least 4 members (excludes halogenated alkanes) is 21. The van der Waals surface area contributed by atoms with E-state index in [1.807, 2.05) is 0 Å². The molecule has 0 amide bonds. The van der Waals surface area contributed by atoms with Crippen LogP contribution in [0.15, 0.2) is 0 Å². The molecule has 0 saturated heterocycles. The summed E-state index contributed by atoms with van der Waals surface area (Å²) in [5.41, 5.74) is 0. The normalized spacial score (nSPS) is 12.1. The number of carboxylic acid groups (broad SMARTS) is 2. The number of aliphatic carboxylic acids is 2. The van der Waals surface area contributed by atoms with Crippen LogP contribution in [0, 0.1) is 0 Å². The Morgan fingerprint density at radius 3 is 1.18 bits per heavy atom. The quantitative estimate of drug-likeness (QED) is 0.0792. The molecule has 0 aliphatic rings. The second kappa shape index (κ2) is 27.2. The Kier molecular flexibility index (Phi) is 26.9. The summed E-state index contributed by atoms with van der Waals surface area (Å²) in [5, 5.41) is 16.9. The summed E-state index contributed by atoms with van der Waals surface area (Å²) in [7, 11) is 2.68. The molecule has 0 rings (SSSR count). The summed E-state index contributed by atoms with van der Waals surface area (Å²) in [5.74, 6) is -1.19. The first kappa shape index (κ1) is 33.6. The molecule has 0 fully saturated rings. The van der Waals surface area contributed by atoms with Gasteiger partial charge in [0.05, 0.1) is 6.42 Å². The van der Waals surface area contributed by atoms with E-state index in [2.05, 4.69) is 6.92 Å². The van der Waals surface area contributed by atoms with E-state index in [-0.39, 0.29) is 6.42 Å². The molecule has 0 aromatic rings. The van der Waals surface area contributed by atoms with Crippen LogP contribution in [0.25, 0.3) is 0 Å². The fourth-order valence-electron chi connectivity index (χ4n) is 4.22. The van der Waals surface area contributed by atoms with Crippen LogP contribution in [0.5, 0.6) is 0 Å². The van der Waals surface area contributed by atoms with Crippen molar-refractivity contribution in [1.82, 2.24) is 0 Å². The van der Waals surface area contributed by atoms with E-state index in [9.17, 15) is 9.59 Å². The van der Waals surface area contributed by atoms with Crippen LogP contribution >= 0.6 is 21.6 Å². The predicted molar refractivity (Wildman–Crippen MR) is 151 cm³/mol. The number of carbonyl (C=O) groups is 2. The molecule has 6 heteroatoms. The summed E-state index contributed by atoms with van der Waals surface area (Å²) in [6.07, 6.45) is 30.0. The topological polar surface area (TPSA) is 74.6 Å². The van der Waals surface area contributed by atoms with Crippen LogP contribution in [0.2, 0.25) is 0 Å². The summed E-state index contributed by atoms with van der Waals surface area (Å²) in [4.78, 5) is 21.7. The largest absolute Gasteiger partial charge is 0.481 e. The van der Waals surface area contributed by atoms with Gasteiger partial charge in [-0.2, -0.15) is 0 Å². The SMILES string of the molecule is CCCCCCCCCCCCCCCCCCCCCCCCSSC(CC(=O)O)C(=O)O. The molecule has 0 saturated carbocycles. The second-order valence-corrected chi connectivity index (χ2v) is 12.5. The number of carboxylic acids is 2. The highest BCUT2D eigenvalue weighted by Gasteiger charge is 2.21. The van der Waals surface area contributed by atoms with Crippen molar-refractivity contribution in [3.63, 3.8) is 0 Å². The summed E-state index contributed by atoms with van der Waals surface area (Å²) in [6.45, 7) is 2.28. The fraction of sp³-hybridized carbons (Fsp3) is 0.929. The van der Waals surface area contributed by atoms with Crippen LogP contribution < -0.4 is 0 Å². The molecule has 1 atom stereocenters. The minimum absolute atomic E-state index is 0.313. The molecule has 0 spiro atoms. The molecule has 1 unspecified atom stereocenters. The van der Waals surface area contributed by atoms with E-state index in [0.29, 0.717) is 0 Å². The molecule has 0 radical (unpaired) electrons. The molecule has 0 heterocycles. The zero-order chi connectivity index (χ0) is 25.1. The van der Waals surface area contributed by atoms with Gasteiger partial charge in [0, 0.05) is 5.75 Å². The standard InChI is InChI=1S/C28H54O4S2/c1-2-3-4-5-6-7-8-9-10-11-12-13-14-15-16-17-18-19-20-21-22-23-24-33-34-26(28(31)32)25-27(29)30/h26H,2-25H2,1H3,(H,29,30)(H,31,32). The van der Waals surface area contributed by atoms with Gasteiger partial charge in [-0.1, -0.05) is 163 Å². The van der Waals surface area contributed by atoms with Gasteiger partial charge in [0.25, 0.3) is 0 Å². The summed E-state index contributed by atoms with van der Waals surface area (Å²) < 4.78 is 0. The van der Waals surface area contributed by atoms with E-state index in [1.54, 1.807) is 0 Å². The highest BCUT2D eigenvalue weighted by atomic mass is 33.1. The highest BCUT2D eigenvalue weighted by molar-refractivity contribution is 8.77. The average molecular weight is 519 g/mol. The van der Waals surface area contributed by atoms with E-state index in [0.717, 1.165) is 12.2 Å². The lowest BCUT2D eigenvalue weighted by Gasteiger charge is -2.08. The Morgan fingerprint density at radius 1 is 0.559 bits per heavy atom. The molecule has 4 nitrogen and oxygen atoms in total. The van der Waals surface area contributed by atoms with Crippen molar-refractivity contribution < 1.29 is 19.8 Å². The first-order valence-corrected chi connectivity index (χ1v) is 16.7. The first-order valence-electron chi connectivity index (χ1n) is 14.3. The second-order valence-electron chi connectivity index (χ2n) is 9.77. The lowest BCUT2D eigenvalue weighted by Crippen LogP contribution is -2.19. The van der Waals surface area contributed by atoms with Gasteiger partial charge in [-0.25, -0.2) is 0 Å². The molecule has 202 valence electrons. The fourth-order valence-corrected chi connectivity index (χ4v) is 6.68. The maximum atomic E-state index is 11.0. The maximum Gasteiger partial charge on any atom is 0.318 e. The van der Waals surface area contributed by atoms with Crippen molar-refractivity contribution in [3.05, 3.63) is 0 Å². The lowest BCUT2D eigenvalue weighted by atomic mass is 10.0. The average Bonchev–Trinajstić information content (AvgIpc) is 2.80. The highest BCUT2D eigenvalue weighted by Crippen LogP contribution is 2.30. The molecule has 0 bridgehead atoms. The Balaban J connectivity index is 3.18. The van der Waals surface area contributed by atoms with Crippen molar-refractivity contribution in [2.75, 3.05) is 5.75 Å². The third kappa shape index (κ3) is 26.2. The Bertz CT molecular complexity index is 460. The van der Waals surface area contributed by atoms with E-state index >= 15 is 0 Å². The molecule has 0 aliphatic heterocycles. The van der Waals surface area contributed by atoms with E-state index in [1.165, 1.54) is 156 Å². The molecule has 2 N–H and O–H groups in total. The Hall–Kier alpha value is -0.360. The predicted octanol–water partition coefficient (Wildman–Crippen LogP) is 9.90. The van der Waals surface area contributed by atoms with E-state index in [4.69, 9.17) is 10.2 Å². The van der Waals surface area contributed by atoms with Crippen molar-refractivity contribution in [2.45, 2.75) is 160 Å². The van der Waals surface area contributed by atoms with Crippen LogP contribution in [0.1, 0.15) is 155 Å². The number of hydrogen-bond acceptors (Lipinski definition) is 4. The number of hydrogen-bond donors (Lipinski definition) is 2. The van der Waals surface area contributed by atoms with Crippen LogP contribution in [-0.4, -0.2) is 33.2 Å². The van der Waals surface area contributed by atoms with Crippen LogP contribution in [0.3, 0.4) is 0 Å². The third-order valence-electron chi connectivity index (χ3n) is 6.40. The maximum absolute atomic E-state index is 11.0. The third-order valence-corrected chi connectivity index (χ3v) is 9.20. The van der Waals surface area contributed by atoms with Gasteiger partial charge in [-0.05, 0) is 6.42 Å². The van der Waals surface area contributed by atoms with Gasteiger partial charge < -0.3 is 10.2 Å². The molecule has 0 aromatic carbocycles. The minimum Gasteiger partial charge on any atom is -0.481 e. The summed E-state index contributed by atoms with van der Waals surface area (Å²) in [6, 6.07) is 0. The summed E-state index contributed by atoms with van der Waals surface area (Å²) >= 11 is 0. The Morgan fingerprint density at radius 2 is 0.882 bits per heavy atom. The van der Waals surface area contributed by atoms with Gasteiger partial charge >= 0.3 is 11.9 Å². The van der Waals surface area contributed by atoms with Crippen molar-refractivity contribution in [3.8, 4) is 0 Å². The Labute approximate surface area is 218 Å². The van der Waals surface area contributed by atoms with Gasteiger partial charge in [0.2, 0.25) is 0 Å². The number of rotatable bonds is 28. The van der Waals surface area contributed by atoms with E-state index < -0.39 is 17.2 Å². The van der Waals surface area contributed by atoms with Gasteiger partial charge in [-0.15, -0.1) is 0 Å². The van der Waals surface area contributed by atoms with Gasteiger partial charge in [0.1, 0.15) is 5.25 Å². The monoisotopic (exact) mass is 518 g/mol. The molecular formula is C28H54O4S2. The molecule has 34 heavy (non-hydrogen) atoms. The molecular weight excluding hydrogens is 464 g/mol. The molecule has 0 aromatic heterocycles. The zero-order valence-electron chi connectivity index (χ0n) is 22.1.